The topological polar surface area (TPSA) is 105 Å². The largest absolute Gasteiger partial charge is 0.379 e. The maximum atomic E-state index is 12.6. The average Bonchev–Trinajstić information content (AvgIpc) is 2.77. The Labute approximate surface area is 192 Å². The summed E-state index contributed by atoms with van der Waals surface area (Å²) in [4.78, 5) is 24.4. The number of carbonyl (C=O) groups excluding carboxylic acids is 2. The van der Waals surface area contributed by atoms with Gasteiger partial charge < -0.3 is 15.4 Å². The number of anilines is 2. The minimum atomic E-state index is -3.57. The fraction of sp³-hybridized carbons (Fsp3) is 0.364. The molecule has 0 spiro atoms. The molecular formula is C22H27N3O5S2. The molecule has 2 aromatic rings. The molecule has 0 unspecified atom stereocenters. The molecule has 0 saturated carbocycles. The van der Waals surface area contributed by atoms with E-state index >= 15 is 0 Å². The predicted octanol–water partition coefficient (Wildman–Crippen LogP) is 2.63. The Morgan fingerprint density at radius 3 is 2.06 bits per heavy atom. The first kappa shape index (κ1) is 24.2. The Morgan fingerprint density at radius 2 is 1.47 bits per heavy atom. The minimum Gasteiger partial charge on any atom is -0.379 e. The lowest BCUT2D eigenvalue weighted by Gasteiger charge is -2.26. The lowest BCUT2D eigenvalue weighted by atomic mass is 10.1. The number of hydrogen-bond acceptors (Lipinski definition) is 6. The van der Waals surface area contributed by atoms with Gasteiger partial charge in [0, 0.05) is 24.5 Å². The number of aryl methyl sites for hydroxylation is 2. The lowest BCUT2D eigenvalue weighted by molar-refractivity contribution is -0.114. The van der Waals surface area contributed by atoms with Gasteiger partial charge in [0.05, 0.1) is 29.6 Å². The SMILES string of the molecule is Cc1ccc(NC(=O)CSCC(=O)Nc2ccc(S(=O)(=O)N3CCOCC3)cc2)cc1C. The Morgan fingerprint density at radius 1 is 0.906 bits per heavy atom. The molecular weight excluding hydrogens is 450 g/mol. The van der Waals surface area contributed by atoms with E-state index in [0.29, 0.717) is 32.0 Å². The molecule has 1 fully saturated rings. The van der Waals surface area contributed by atoms with Crippen LogP contribution in [0.15, 0.2) is 47.4 Å². The van der Waals surface area contributed by atoms with E-state index in [9.17, 15) is 18.0 Å². The highest BCUT2D eigenvalue weighted by atomic mass is 32.2. The number of amides is 2. The number of carbonyl (C=O) groups is 2. The van der Waals surface area contributed by atoms with Crippen LogP contribution >= 0.6 is 11.8 Å². The summed E-state index contributed by atoms with van der Waals surface area (Å²) in [6.07, 6.45) is 0. The van der Waals surface area contributed by atoms with Gasteiger partial charge in [-0.1, -0.05) is 6.07 Å². The molecule has 0 radical (unpaired) electrons. The van der Waals surface area contributed by atoms with Crippen LogP contribution in [-0.4, -0.2) is 62.3 Å². The van der Waals surface area contributed by atoms with Crippen molar-refractivity contribution in [2.24, 2.45) is 0 Å². The van der Waals surface area contributed by atoms with Gasteiger partial charge in [0.25, 0.3) is 0 Å². The van der Waals surface area contributed by atoms with Gasteiger partial charge in [-0.15, -0.1) is 11.8 Å². The summed E-state index contributed by atoms with van der Waals surface area (Å²) in [5.41, 5.74) is 3.48. The maximum absolute atomic E-state index is 12.6. The second kappa shape index (κ2) is 11.0. The number of ether oxygens (including phenoxy) is 1. The molecule has 8 nitrogen and oxygen atoms in total. The zero-order valence-electron chi connectivity index (χ0n) is 18.1. The van der Waals surface area contributed by atoms with E-state index in [1.54, 1.807) is 12.1 Å². The van der Waals surface area contributed by atoms with Crippen LogP contribution in [0, 0.1) is 13.8 Å². The smallest absolute Gasteiger partial charge is 0.243 e. The summed E-state index contributed by atoms with van der Waals surface area (Å²) in [6.45, 7) is 5.41. The van der Waals surface area contributed by atoms with Crippen LogP contribution in [0.4, 0.5) is 11.4 Å². The van der Waals surface area contributed by atoms with Crippen LogP contribution in [0.2, 0.25) is 0 Å². The van der Waals surface area contributed by atoms with Crippen molar-refractivity contribution < 1.29 is 22.7 Å². The third kappa shape index (κ3) is 6.55. The van der Waals surface area contributed by atoms with Crippen molar-refractivity contribution >= 4 is 45.0 Å². The van der Waals surface area contributed by atoms with Crippen LogP contribution in [0.25, 0.3) is 0 Å². The highest BCUT2D eigenvalue weighted by Gasteiger charge is 2.26. The number of nitrogens with one attached hydrogen (secondary N) is 2. The third-order valence-corrected chi connectivity index (χ3v) is 7.85. The summed E-state index contributed by atoms with van der Waals surface area (Å²) in [5, 5.41) is 5.54. The van der Waals surface area contributed by atoms with E-state index < -0.39 is 10.0 Å². The standard InChI is InChI=1S/C22H27N3O5S2/c1-16-3-4-19(13-17(16)2)24-22(27)15-31-14-21(26)23-18-5-7-20(8-6-18)32(28,29)25-9-11-30-12-10-25/h3-8,13H,9-12,14-15H2,1-2H3,(H,23,26)(H,24,27). The van der Waals surface area contributed by atoms with Crippen molar-refractivity contribution in [2.45, 2.75) is 18.7 Å². The Hall–Kier alpha value is -2.40. The summed E-state index contributed by atoms with van der Waals surface area (Å²) in [7, 11) is -3.57. The molecule has 0 atom stereocenters. The van der Waals surface area contributed by atoms with E-state index in [4.69, 9.17) is 4.74 Å². The van der Waals surface area contributed by atoms with Crippen molar-refractivity contribution in [3.63, 3.8) is 0 Å². The summed E-state index contributed by atoms with van der Waals surface area (Å²) >= 11 is 1.20. The molecule has 1 saturated heterocycles. The number of hydrogen-bond donors (Lipinski definition) is 2. The van der Waals surface area contributed by atoms with Gasteiger partial charge in [0.1, 0.15) is 0 Å². The van der Waals surface area contributed by atoms with Gasteiger partial charge >= 0.3 is 0 Å². The molecule has 10 heteroatoms. The minimum absolute atomic E-state index is 0.105. The van der Waals surface area contributed by atoms with Crippen LogP contribution < -0.4 is 10.6 Å². The fourth-order valence-corrected chi connectivity index (χ4v) is 5.12. The van der Waals surface area contributed by atoms with Gasteiger partial charge in [-0.05, 0) is 61.4 Å². The van der Waals surface area contributed by atoms with Crippen molar-refractivity contribution in [3.8, 4) is 0 Å². The molecule has 2 amide bonds. The van der Waals surface area contributed by atoms with E-state index in [1.165, 1.54) is 28.2 Å². The number of benzene rings is 2. The molecule has 1 aliphatic rings. The van der Waals surface area contributed by atoms with Gasteiger partial charge in [-0.3, -0.25) is 9.59 Å². The Bertz CT molecular complexity index is 1070. The first-order chi connectivity index (χ1) is 15.3. The first-order valence-corrected chi connectivity index (χ1v) is 12.8. The fourth-order valence-electron chi connectivity index (χ4n) is 3.10. The number of sulfonamides is 1. The third-order valence-electron chi connectivity index (χ3n) is 5.00. The molecule has 0 aliphatic carbocycles. The Balaban J connectivity index is 1.44. The van der Waals surface area contributed by atoms with Crippen molar-refractivity contribution in [2.75, 3.05) is 48.4 Å². The molecule has 0 aromatic heterocycles. The average molecular weight is 478 g/mol. The molecule has 2 N–H and O–H groups in total. The molecule has 172 valence electrons. The number of thioether (sulfide) groups is 1. The van der Waals surface area contributed by atoms with E-state index in [0.717, 1.165) is 16.8 Å². The maximum Gasteiger partial charge on any atom is 0.243 e. The quantitative estimate of drug-likeness (QED) is 0.606. The van der Waals surface area contributed by atoms with Gasteiger partial charge in [0.2, 0.25) is 21.8 Å². The molecule has 2 aromatic carbocycles. The first-order valence-electron chi connectivity index (χ1n) is 10.2. The summed E-state index contributed by atoms with van der Waals surface area (Å²) < 4.78 is 31.9. The van der Waals surface area contributed by atoms with Crippen LogP contribution in [0.1, 0.15) is 11.1 Å². The zero-order chi connectivity index (χ0) is 23.1. The molecule has 32 heavy (non-hydrogen) atoms. The van der Waals surface area contributed by atoms with Gasteiger partial charge in [-0.2, -0.15) is 4.31 Å². The molecule has 3 rings (SSSR count). The van der Waals surface area contributed by atoms with E-state index in [-0.39, 0.29) is 28.2 Å². The second-order valence-corrected chi connectivity index (χ2v) is 10.4. The Kier molecular flexibility index (Phi) is 8.30. The van der Waals surface area contributed by atoms with E-state index in [1.807, 2.05) is 32.0 Å². The van der Waals surface area contributed by atoms with Crippen molar-refractivity contribution in [1.82, 2.24) is 4.31 Å². The number of nitrogens with zero attached hydrogens (tertiary/aromatic N) is 1. The normalized spacial score (nSPS) is 14.7. The highest BCUT2D eigenvalue weighted by Crippen LogP contribution is 2.20. The number of rotatable bonds is 8. The molecule has 1 heterocycles. The van der Waals surface area contributed by atoms with Crippen molar-refractivity contribution in [1.29, 1.82) is 0 Å². The summed E-state index contributed by atoms with van der Waals surface area (Å²) in [5.74, 6) is -0.188. The van der Waals surface area contributed by atoms with Crippen LogP contribution in [0.5, 0.6) is 0 Å². The highest BCUT2D eigenvalue weighted by molar-refractivity contribution is 8.00. The van der Waals surface area contributed by atoms with Crippen molar-refractivity contribution in [3.05, 3.63) is 53.6 Å². The van der Waals surface area contributed by atoms with Gasteiger partial charge in [-0.25, -0.2) is 8.42 Å². The monoisotopic (exact) mass is 477 g/mol. The lowest BCUT2D eigenvalue weighted by Crippen LogP contribution is -2.40. The summed E-state index contributed by atoms with van der Waals surface area (Å²) in [6, 6.07) is 11.8. The van der Waals surface area contributed by atoms with Crippen LogP contribution in [-0.2, 0) is 24.3 Å². The zero-order valence-corrected chi connectivity index (χ0v) is 19.7. The predicted molar refractivity (Wildman–Crippen MR) is 127 cm³/mol. The molecule has 0 bridgehead atoms. The van der Waals surface area contributed by atoms with E-state index in [2.05, 4.69) is 10.6 Å². The molecule has 1 aliphatic heterocycles. The number of morpholine rings is 1. The van der Waals surface area contributed by atoms with Crippen LogP contribution in [0.3, 0.4) is 0 Å². The van der Waals surface area contributed by atoms with Gasteiger partial charge in [0.15, 0.2) is 0 Å². The second-order valence-electron chi connectivity index (χ2n) is 7.43.